The second kappa shape index (κ2) is 8.62. The van der Waals surface area contributed by atoms with Gasteiger partial charge in [-0.3, -0.25) is 15.5 Å². The highest BCUT2D eigenvalue weighted by atomic mass is 32.1. The summed E-state index contributed by atoms with van der Waals surface area (Å²) in [6.45, 7) is 0. The van der Waals surface area contributed by atoms with Crippen molar-refractivity contribution < 1.29 is 19.5 Å². The minimum absolute atomic E-state index is 0.0299. The highest BCUT2D eigenvalue weighted by Gasteiger charge is 2.19. The predicted molar refractivity (Wildman–Crippen MR) is 101 cm³/mol. The van der Waals surface area contributed by atoms with Crippen LogP contribution < -0.4 is 20.2 Å². The van der Waals surface area contributed by atoms with E-state index in [1.807, 2.05) is 0 Å². The molecule has 10 heteroatoms. The number of nitrogens with zero attached hydrogens (tertiary/aromatic N) is 2. The predicted octanol–water partition coefficient (Wildman–Crippen LogP) is 2.64. The Labute approximate surface area is 154 Å². The molecule has 9 nitrogen and oxygen atoms in total. The zero-order valence-corrected chi connectivity index (χ0v) is 14.7. The number of rotatable bonds is 6. The Morgan fingerprint density at radius 1 is 1.31 bits per heavy atom. The molecule has 0 aliphatic rings. The molecule has 0 aromatic heterocycles. The van der Waals surface area contributed by atoms with Crippen molar-refractivity contribution in [2.75, 3.05) is 19.5 Å². The zero-order chi connectivity index (χ0) is 19.1. The first-order valence-electron chi connectivity index (χ1n) is 7.24. The zero-order valence-electron chi connectivity index (χ0n) is 13.9. The highest BCUT2D eigenvalue weighted by Crippen LogP contribution is 2.36. The molecule has 3 N–H and O–H groups in total. The van der Waals surface area contributed by atoms with Gasteiger partial charge in [-0.1, -0.05) is 6.07 Å². The van der Waals surface area contributed by atoms with Crippen LogP contribution in [0.1, 0.15) is 5.56 Å². The van der Waals surface area contributed by atoms with Gasteiger partial charge in [-0.25, -0.2) is 0 Å². The molecule has 0 aliphatic carbocycles. The summed E-state index contributed by atoms with van der Waals surface area (Å²) >= 11 is 5.12. The maximum absolute atomic E-state index is 11.0. The lowest BCUT2D eigenvalue weighted by Crippen LogP contribution is -2.23. The number of aromatic hydroxyl groups is 1. The van der Waals surface area contributed by atoms with Gasteiger partial charge in [0.25, 0.3) is 0 Å². The number of hydrazone groups is 1. The molecule has 0 fully saturated rings. The Kier molecular flexibility index (Phi) is 6.28. The first kappa shape index (κ1) is 18.9. The van der Waals surface area contributed by atoms with Crippen LogP contribution in [0.15, 0.2) is 41.5 Å². The lowest BCUT2D eigenvalue weighted by Gasteiger charge is -2.08. The van der Waals surface area contributed by atoms with Gasteiger partial charge >= 0.3 is 5.69 Å². The number of phenols is 1. The molecule has 0 spiro atoms. The summed E-state index contributed by atoms with van der Waals surface area (Å²) in [6, 6.07) is 9.73. The maximum Gasteiger partial charge on any atom is 0.315 e. The molecule has 2 aromatic carbocycles. The van der Waals surface area contributed by atoms with E-state index in [1.165, 1.54) is 25.5 Å². The molecule has 0 atom stereocenters. The van der Waals surface area contributed by atoms with Gasteiger partial charge in [0.05, 0.1) is 25.4 Å². The average Bonchev–Trinajstić information content (AvgIpc) is 2.62. The lowest BCUT2D eigenvalue weighted by atomic mass is 10.2. The molecule has 0 amide bonds. The van der Waals surface area contributed by atoms with Crippen LogP contribution in [0, 0.1) is 10.1 Å². The van der Waals surface area contributed by atoms with Crippen LogP contribution in [0.2, 0.25) is 0 Å². The van der Waals surface area contributed by atoms with Crippen LogP contribution in [-0.4, -0.2) is 35.6 Å². The molecule has 2 rings (SSSR count). The fourth-order valence-electron chi connectivity index (χ4n) is 2.01. The van der Waals surface area contributed by atoms with Gasteiger partial charge in [-0.2, -0.15) is 5.10 Å². The van der Waals surface area contributed by atoms with Gasteiger partial charge in [0, 0.05) is 23.4 Å². The van der Waals surface area contributed by atoms with Crippen molar-refractivity contribution >= 4 is 34.9 Å². The van der Waals surface area contributed by atoms with Gasteiger partial charge in [0.15, 0.2) is 10.9 Å². The molecular weight excluding hydrogens is 360 g/mol. The number of nitro benzene ring substituents is 1. The molecule has 136 valence electrons. The number of nitro groups is 1. The maximum atomic E-state index is 11.0. The number of nitrogens with one attached hydrogen (secondary N) is 2. The minimum Gasteiger partial charge on any atom is -0.500 e. The van der Waals surface area contributed by atoms with Gasteiger partial charge in [0.1, 0.15) is 5.75 Å². The number of thiocarbonyl (C=S) groups is 1. The van der Waals surface area contributed by atoms with E-state index in [0.717, 1.165) is 0 Å². The summed E-state index contributed by atoms with van der Waals surface area (Å²) in [5.74, 6) is 0.0975. The van der Waals surface area contributed by atoms with E-state index >= 15 is 0 Å². The first-order chi connectivity index (χ1) is 12.4. The molecule has 0 heterocycles. The molecule has 0 saturated heterocycles. The Bertz CT molecular complexity index is 857. The van der Waals surface area contributed by atoms with Gasteiger partial charge in [-0.05, 0) is 30.4 Å². The third kappa shape index (κ3) is 4.80. The lowest BCUT2D eigenvalue weighted by molar-refractivity contribution is -0.386. The van der Waals surface area contributed by atoms with Gasteiger partial charge in [0.2, 0.25) is 5.75 Å². The molecule has 0 bridgehead atoms. The highest BCUT2D eigenvalue weighted by molar-refractivity contribution is 7.80. The number of ether oxygens (including phenoxy) is 2. The molecule has 26 heavy (non-hydrogen) atoms. The number of anilines is 1. The number of hydrogen-bond donors (Lipinski definition) is 3. The monoisotopic (exact) mass is 376 g/mol. The molecular formula is C16H16N4O5S. The topological polar surface area (TPSA) is 118 Å². The number of hydrogen-bond acceptors (Lipinski definition) is 7. The van der Waals surface area contributed by atoms with Gasteiger partial charge in [-0.15, -0.1) is 0 Å². The Morgan fingerprint density at radius 2 is 2.08 bits per heavy atom. The summed E-state index contributed by atoms with van der Waals surface area (Å²) in [4.78, 5) is 10.3. The van der Waals surface area contributed by atoms with Crippen molar-refractivity contribution in [2.24, 2.45) is 5.10 Å². The molecule has 0 radical (unpaired) electrons. The van der Waals surface area contributed by atoms with Crippen molar-refractivity contribution in [2.45, 2.75) is 0 Å². The van der Waals surface area contributed by atoms with E-state index in [2.05, 4.69) is 15.8 Å². The number of phenolic OH excluding ortho intramolecular Hbond substituents is 1. The fraction of sp³-hybridized carbons (Fsp3) is 0.125. The van der Waals surface area contributed by atoms with Crippen molar-refractivity contribution in [3.63, 3.8) is 0 Å². The van der Waals surface area contributed by atoms with Crippen molar-refractivity contribution in [1.82, 2.24) is 5.43 Å². The molecule has 0 aliphatic heterocycles. The quantitative estimate of drug-likeness (QED) is 0.305. The third-order valence-electron chi connectivity index (χ3n) is 3.20. The van der Waals surface area contributed by atoms with E-state index in [-0.39, 0.29) is 10.9 Å². The summed E-state index contributed by atoms with van der Waals surface area (Å²) in [7, 11) is 2.86. The van der Waals surface area contributed by atoms with Crippen LogP contribution in [0.4, 0.5) is 11.4 Å². The number of methoxy groups -OCH3 is 2. The van der Waals surface area contributed by atoms with Crippen LogP contribution in [0.25, 0.3) is 0 Å². The summed E-state index contributed by atoms with van der Waals surface area (Å²) in [5, 5.41) is 27.8. The molecule has 0 unspecified atom stereocenters. The Morgan fingerprint density at radius 3 is 2.73 bits per heavy atom. The van der Waals surface area contributed by atoms with Crippen molar-refractivity contribution in [1.29, 1.82) is 0 Å². The smallest absolute Gasteiger partial charge is 0.315 e. The summed E-state index contributed by atoms with van der Waals surface area (Å²) in [6.07, 6.45) is 1.31. The second-order valence-electron chi connectivity index (χ2n) is 4.90. The van der Waals surface area contributed by atoms with E-state index in [4.69, 9.17) is 21.7 Å². The number of benzene rings is 2. The van der Waals surface area contributed by atoms with E-state index in [0.29, 0.717) is 17.0 Å². The first-order valence-corrected chi connectivity index (χ1v) is 7.65. The second-order valence-corrected chi connectivity index (χ2v) is 5.31. The summed E-state index contributed by atoms with van der Waals surface area (Å²) in [5.41, 5.74) is 3.17. The summed E-state index contributed by atoms with van der Waals surface area (Å²) < 4.78 is 10.0. The normalized spacial score (nSPS) is 10.4. The molecule has 0 saturated carbocycles. The van der Waals surface area contributed by atoms with E-state index in [9.17, 15) is 15.2 Å². The standard InChI is InChI=1S/C16H16N4O5S/c1-24-12-5-3-4-11(8-12)18-16(26)19-17-9-10-6-13(20(22)23)15(21)14(7-10)25-2/h3-9,21H,1-2H3,(H2,18,19,26)/b17-9-. The van der Waals surface area contributed by atoms with E-state index < -0.39 is 16.4 Å². The third-order valence-corrected chi connectivity index (χ3v) is 3.39. The Balaban J connectivity index is 2.06. The van der Waals surface area contributed by atoms with Crippen LogP contribution in [0.3, 0.4) is 0 Å². The van der Waals surface area contributed by atoms with Crippen LogP contribution in [-0.2, 0) is 0 Å². The minimum atomic E-state index is -0.711. The van der Waals surface area contributed by atoms with E-state index in [1.54, 1.807) is 31.4 Å². The van der Waals surface area contributed by atoms with Crippen LogP contribution >= 0.6 is 12.2 Å². The average molecular weight is 376 g/mol. The Hall–Kier alpha value is -3.40. The SMILES string of the molecule is COc1cccc(NC(=S)N/N=C\c2cc(OC)c(O)c([N+](=O)[O-])c2)c1. The van der Waals surface area contributed by atoms with Crippen molar-refractivity contribution in [3.8, 4) is 17.2 Å². The fourth-order valence-corrected chi connectivity index (χ4v) is 2.18. The largest absolute Gasteiger partial charge is 0.500 e. The van der Waals surface area contributed by atoms with Crippen LogP contribution in [0.5, 0.6) is 17.2 Å². The van der Waals surface area contributed by atoms with Crippen molar-refractivity contribution in [3.05, 3.63) is 52.1 Å². The van der Waals surface area contributed by atoms with Gasteiger partial charge < -0.3 is 19.9 Å². The molecule has 2 aromatic rings.